The third-order valence-corrected chi connectivity index (χ3v) is 5.87. The molecule has 198 valence electrons. The molecule has 2 atom stereocenters. The molecule has 2 unspecified atom stereocenters. The van der Waals surface area contributed by atoms with Crippen molar-refractivity contribution in [3.05, 3.63) is 58.9 Å². The summed E-state index contributed by atoms with van der Waals surface area (Å²) in [5.41, 5.74) is 3.41. The molecule has 1 aromatic rings. The summed E-state index contributed by atoms with van der Waals surface area (Å²) in [4.78, 5) is 34.8. The Hall–Kier alpha value is -1.49. The number of hydrogen-bond donors (Lipinski definition) is 1. The molecule has 37 heavy (non-hydrogen) atoms. The van der Waals surface area contributed by atoms with Gasteiger partial charge in [-0.1, -0.05) is 69.2 Å². The van der Waals surface area contributed by atoms with E-state index in [4.69, 9.17) is 19.3 Å². The van der Waals surface area contributed by atoms with Crippen molar-refractivity contribution in [2.24, 2.45) is 0 Å². The number of carbonyl (C=O) groups is 3. The predicted octanol–water partition coefficient (Wildman–Crippen LogP) is 3.20. The third kappa shape index (κ3) is 14.3. The molecule has 8 nitrogen and oxygen atoms in total. The first kappa shape index (κ1) is 33.5. The largest absolute Gasteiger partial charge is 1.00 e. The maximum atomic E-state index is 12.2. The predicted molar refractivity (Wildman–Crippen MR) is 138 cm³/mol. The van der Waals surface area contributed by atoms with E-state index in [0.717, 1.165) is 36.8 Å². The van der Waals surface area contributed by atoms with Gasteiger partial charge in [-0.15, -0.1) is 12.6 Å². The SMILES string of the molecule is CCCC(CC)OC(=O)OCOC(=O)CCC(Cc1ccc(C2=CCCC=C2)cc1)[N-]CCC(=O)O.[K+]. The van der Waals surface area contributed by atoms with Crippen LogP contribution in [0.5, 0.6) is 0 Å². The van der Waals surface area contributed by atoms with Crippen molar-refractivity contribution >= 4 is 23.7 Å². The fourth-order valence-electron chi connectivity index (χ4n) is 3.87. The molecule has 2 rings (SSSR count). The third-order valence-electron chi connectivity index (χ3n) is 5.87. The molecule has 0 saturated heterocycles. The number of aliphatic carboxylic acids is 1. The van der Waals surface area contributed by atoms with Gasteiger partial charge in [0.1, 0.15) is 6.10 Å². The standard InChI is InChI=1S/C28H38NO7.K/c1-3-8-25(4-2)36-28(33)35-20-34-27(32)16-15-24(29-18-17-26(30)31)19-21-11-13-23(14-12-21)22-9-6-5-7-10-22;/h6,9-14,24-25H,3-5,7-8,15-20H2,1-2H3,(H,30,31);/q-1;+1. The van der Waals surface area contributed by atoms with Crippen LogP contribution in [0.2, 0.25) is 0 Å². The second kappa shape index (κ2) is 19.6. The van der Waals surface area contributed by atoms with Crippen LogP contribution in [-0.4, -0.2) is 48.7 Å². The van der Waals surface area contributed by atoms with Gasteiger partial charge in [0.2, 0.25) is 6.79 Å². The minimum Gasteiger partial charge on any atom is -0.659 e. The monoisotopic (exact) mass is 539 g/mol. The van der Waals surface area contributed by atoms with Crippen LogP contribution in [0.3, 0.4) is 0 Å². The van der Waals surface area contributed by atoms with Crippen LogP contribution >= 0.6 is 0 Å². The summed E-state index contributed by atoms with van der Waals surface area (Å²) < 4.78 is 15.0. The molecule has 1 N–H and O–H groups in total. The molecule has 0 aliphatic heterocycles. The van der Waals surface area contributed by atoms with Gasteiger partial charge in [-0.2, -0.15) is 0 Å². The Balaban J connectivity index is 0.00000684. The molecule has 0 aromatic heterocycles. The molecule has 0 bridgehead atoms. The number of allylic oxidation sites excluding steroid dienone is 4. The Morgan fingerprint density at radius 1 is 1.03 bits per heavy atom. The molecule has 0 spiro atoms. The number of carboxylic acid groups (broad SMARTS) is 1. The van der Waals surface area contributed by atoms with Crippen LogP contribution in [0, 0.1) is 0 Å². The number of benzene rings is 1. The number of hydrogen-bond acceptors (Lipinski definition) is 6. The van der Waals surface area contributed by atoms with Crippen molar-refractivity contribution < 1.29 is 85.1 Å². The second-order valence-corrected chi connectivity index (χ2v) is 8.75. The van der Waals surface area contributed by atoms with Crippen molar-refractivity contribution in [1.82, 2.24) is 0 Å². The average Bonchev–Trinajstić information content (AvgIpc) is 2.87. The van der Waals surface area contributed by atoms with Crippen LogP contribution in [0.15, 0.2) is 42.5 Å². The molecule has 9 heteroatoms. The Labute approximate surface area is 262 Å². The van der Waals surface area contributed by atoms with E-state index in [1.54, 1.807) is 0 Å². The van der Waals surface area contributed by atoms with Crippen molar-refractivity contribution in [1.29, 1.82) is 0 Å². The minimum absolute atomic E-state index is 0. The first-order valence-electron chi connectivity index (χ1n) is 12.7. The van der Waals surface area contributed by atoms with E-state index >= 15 is 0 Å². The van der Waals surface area contributed by atoms with E-state index in [0.29, 0.717) is 19.3 Å². The molecule has 0 radical (unpaired) electrons. The number of rotatable bonds is 16. The Morgan fingerprint density at radius 3 is 2.41 bits per heavy atom. The molecule has 1 aromatic carbocycles. The van der Waals surface area contributed by atoms with Crippen LogP contribution in [-0.2, 0) is 30.2 Å². The maximum Gasteiger partial charge on any atom is 1.00 e. The van der Waals surface area contributed by atoms with Gasteiger partial charge in [-0.05, 0) is 48.8 Å². The van der Waals surface area contributed by atoms with Crippen LogP contribution in [0.1, 0.15) is 76.3 Å². The zero-order valence-corrected chi connectivity index (χ0v) is 25.4. The summed E-state index contributed by atoms with van der Waals surface area (Å²) in [5, 5.41) is 13.4. The number of carboxylic acids is 1. The minimum atomic E-state index is -0.914. The van der Waals surface area contributed by atoms with E-state index < -0.39 is 24.9 Å². The van der Waals surface area contributed by atoms with E-state index in [2.05, 4.69) is 35.7 Å². The summed E-state index contributed by atoms with van der Waals surface area (Å²) in [6.45, 7) is 3.59. The fraction of sp³-hybridized carbons (Fsp3) is 0.536. The second-order valence-electron chi connectivity index (χ2n) is 8.75. The summed E-state index contributed by atoms with van der Waals surface area (Å²) in [6.07, 6.45) is 10.9. The van der Waals surface area contributed by atoms with Gasteiger partial charge >= 0.3 is 69.5 Å². The van der Waals surface area contributed by atoms with Gasteiger partial charge in [0.25, 0.3) is 0 Å². The molecule has 0 saturated carbocycles. The van der Waals surface area contributed by atoms with Crippen LogP contribution in [0.4, 0.5) is 4.79 Å². The average molecular weight is 540 g/mol. The van der Waals surface area contributed by atoms with Crippen LogP contribution in [0.25, 0.3) is 10.9 Å². The summed E-state index contributed by atoms with van der Waals surface area (Å²) in [7, 11) is 0. The van der Waals surface area contributed by atoms with Gasteiger partial charge in [0.15, 0.2) is 0 Å². The van der Waals surface area contributed by atoms with E-state index in [9.17, 15) is 14.4 Å². The first-order chi connectivity index (χ1) is 17.4. The molecule has 1 aliphatic carbocycles. The van der Waals surface area contributed by atoms with E-state index in [1.165, 1.54) is 5.57 Å². The normalized spacial score (nSPS) is 14.1. The van der Waals surface area contributed by atoms with Gasteiger partial charge < -0.3 is 24.6 Å². The quantitative estimate of drug-likeness (QED) is 0.195. The Kier molecular flexibility index (Phi) is 17.7. The zero-order chi connectivity index (χ0) is 26.2. The fourth-order valence-corrected chi connectivity index (χ4v) is 3.87. The summed E-state index contributed by atoms with van der Waals surface area (Å²) in [5.74, 6) is -1.43. The molecule has 0 fully saturated rings. The molecule has 1 aliphatic rings. The Morgan fingerprint density at radius 2 is 1.78 bits per heavy atom. The van der Waals surface area contributed by atoms with Crippen molar-refractivity contribution in [2.75, 3.05) is 13.3 Å². The number of ether oxygens (including phenoxy) is 3. The van der Waals surface area contributed by atoms with E-state index in [1.807, 2.05) is 26.0 Å². The van der Waals surface area contributed by atoms with Gasteiger partial charge in [0, 0.05) is 12.8 Å². The number of carbonyl (C=O) groups excluding carboxylic acids is 2. The van der Waals surface area contributed by atoms with Gasteiger partial charge in [0.05, 0.1) is 0 Å². The molecule has 0 heterocycles. The van der Waals surface area contributed by atoms with Crippen molar-refractivity contribution in [3.63, 3.8) is 0 Å². The topological polar surface area (TPSA) is 113 Å². The maximum absolute atomic E-state index is 12.2. The molecular formula is C28H38KNO7. The summed E-state index contributed by atoms with van der Waals surface area (Å²) in [6, 6.07) is 7.98. The molecule has 0 amide bonds. The summed E-state index contributed by atoms with van der Waals surface area (Å²) >= 11 is 0. The molecular weight excluding hydrogens is 501 g/mol. The van der Waals surface area contributed by atoms with Gasteiger partial charge in [-0.3, -0.25) is 9.59 Å². The Bertz CT molecular complexity index is 898. The van der Waals surface area contributed by atoms with Crippen molar-refractivity contribution in [3.8, 4) is 0 Å². The first-order valence-corrected chi connectivity index (χ1v) is 12.7. The van der Waals surface area contributed by atoms with Crippen molar-refractivity contribution in [2.45, 2.75) is 83.8 Å². The van der Waals surface area contributed by atoms with E-state index in [-0.39, 0.29) is 82.9 Å². The number of esters is 1. The van der Waals surface area contributed by atoms with Gasteiger partial charge in [-0.25, -0.2) is 4.79 Å². The smallest absolute Gasteiger partial charge is 0.659 e. The number of nitrogens with zero attached hydrogens (tertiary/aromatic N) is 1. The zero-order valence-electron chi connectivity index (χ0n) is 22.3. The van der Waals surface area contributed by atoms with Crippen LogP contribution < -0.4 is 51.4 Å².